The number of benzene rings is 1. The minimum absolute atomic E-state index is 0.780. The average Bonchev–Trinajstić information content (AvgIpc) is 2.43. The molecule has 0 radical (unpaired) electrons. The Labute approximate surface area is 144 Å². The Morgan fingerprint density at radius 3 is 2.27 bits per heavy atom. The molecular weight excluding hydrogens is 429 g/mol. The summed E-state index contributed by atoms with van der Waals surface area (Å²) in [5.41, 5.74) is 3.84. The van der Waals surface area contributed by atoms with Gasteiger partial charge in [0.05, 0.1) is 0 Å². The molecule has 0 atom stereocenters. The van der Waals surface area contributed by atoms with Crippen molar-refractivity contribution in [1.29, 1.82) is 0 Å². The topological polar surface area (TPSA) is 37.4 Å². The van der Waals surface area contributed by atoms with Crippen LogP contribution in [0.5, 0.6) is 0 Å². The molecule has 3 nitrogen and oxygen atoms in total. The van der Waals surface area contributed by atoms with Gasteiger partial charge in [-0.3, -0.25) is 0 Å². The molecule has 1 aliphatic rings. The van der Waals surface area contributed by atoms with E-state index < -0.39 is 25.6 Å². The SMILES string of the molecule is Cc1cc(C)c(SC2=CCCI(S(=O)(=O)N(C)C)C2)c(C)c1. The zero-order valence-corrected chi connectivity index (χ0v) is 17.6. The zero-order valence-electron chi connectivity index (χ0n) is 13.8. The van der Waals surface area contributed by atoms with Gasteiger partial charge in [0.2, 0.25) is 0 Å². The Morgan fingerprint density at radius 1 is 1.14 bits per heavy atom. The van der Waals surface area contributed by atoms with Crippen molar-refractivity contribution in [3.8, 4) is 0 Å². The van der Waals surface area contributed by atoms with Crippen LogP contribution in [0.1, 0.15) is 23.1 Å². The second-order valence-corrected chi connectivity index (χ2v) is 18.9. The fourth-order valence-corrected chi connectivity index (χ4v) is 16.1. The Morgan fingerprint density at radius 2 is 1.73 bits per heavy atom. The van der Waals surface area contributed by atoms with Crippen LogP contribution in [0.25, 0.3) is 0 Å². The fraction of sp³-hybridized carbons (Fsp3) is 0.500. The normalized spacial score (nSPS) is 17.7. The van der Waals surface area contributed by atoms with Crippen LogP contribution in [0.4, 0.5) is 0 Å². The van der Waals surface area contributed by atoms with E-state index in [1.807, 2.05) is 0 Å². The first-order valence-electron chi connectivity index (χ1n) is 7.21. The number of hydrogen-bond donors (Lipinski definition) is 0. The van der Waals surface area contributed by atoms with Crippen LogP contribution in [0.15, 0.2) is 28.0 Å². The van der Waals surface area contributed by atoms with Crippen molar-refractivity contribution >= 4 is 37.4 Å². The molecule has 2 rings (SSSR count). The molecule has 1 aromatic rings. The number of halogens is 1. The zero-order chi connectivity index (χ0) is 16.5. The van der Waals surface area contributed by atoms with E-state index in [0.29, 0.717) is 0 Å². The first kappa shape index (κ1) is 18.3. The van der Waals surface area contributed by atoms with E-state index in [9.17, 15) is 8.42 Å². The maximum absolute atomic E-state index is 12.4. The molecule has 0 amide bonds. The molecule has 124 valence electrons. The molecule has 0 saturated heterocycles. The van der Waals surface area contributed by atoms with Crippen LogP contribution in [-0.2, 0) is 7.19 Å². The second kappa shape index (κ2) is 7.23. The number of rotatable bonds is 4. The molecule has 22 heavy (non-hydrogen) atoms. The predicted molar refractivity (Wildman–Crippen MR) is 106 cm³/mol. The number of thioether (sulfide) groups is 1. The molecule has 0 unspecified atom stereocenters. The second-order valence-electron chi connectivity index (χ2n) is 5.74. The van der Waals surface area contributed by atoms with Gasteiger partial charge in [-0.25, -0.2) is 0 Å². The molecular formula is C16H24INO2S2. The van der Waals surface area contributed by atoms with Crippen molar-refractivity contribution in [3.63, 3.8) is 0 Å². The molecule has 6 heteroatoms. The van der Waals surface area contributed by atoms with E-state index in [1.165, 1.54) is 30.8 Å². The molecule has 0 fully saturated rings. The number of aryl methyl sites for hydroxylation is 3. The summed E-state index contributed by atoms with van der Waals surface area (Å²) in [6, 6.07) is 4.40. The van der Waals surface area contributed by atoms with Gasteiger partial charge in [-0.15, -0.1) is 0 Å². The summed E-state index contributed by atoms with van der Waals surface area (Å²) in [6.45, 7) is 6.39. The maximum atomic E-state index is 12.4. The molecule has 0 spiro atoms. The van der Waals surface area contributed by atoms with Crippen molar-refractivity contribution in [2.75, 3.05) is 23.0 Å². The first-order valence-corrected chi connectivity index (χ1v) is 15.1. The fourth-order valence-electron chi connectivity index (χ4n) is 2.49. The average molecular weight is 453 g/mol. The van der Waals surface area contributed by atoms with Crippen LogP contribution in [0, 0.1) is 20.8 Å². The van der Waals surface area contributed by atoms with Crippen molar-refractivity contribution in [3.05, 3.63) is 39.8 Å². The van der Waals surface area contributed by atoms with Crippen LogP contribution in [0.3, 0.4) is 0 Å². The van der Waals surface area contributed by atoms with Crippen molar-refractivity contribution < 1.29 is 8.42 Å². The quantitative estimate of drug-likeness (QED) is 0.388. The summed E-state index contributed by atoms with van der Waals surface area (Å²) in [4.78, 5) is 2.54. The van der Waals surface area contributed by atoms with Gasteiger partial charge in [0.15, 0.2) is 0 Å². The van der Waals surface area contributed by atoms with E-state index in [2.05, 4.69) is 39.0 Å². The summed E-state index contributed by atoms with van der Waals surface area (Å²) in [7, 11) is 0.302. The van der Waals surface area contributed by atoms with E-state index in [-0.39, 0.29) is 0 Å². The van der Waals surface area contributed by atoms with Crippen LogP contribution >= 0.6 is 30.2 Å². The van der Waals surface area contributed by atoms with E-state index in [1.54, 1.807) is 25.9 Å². The van der Waals surface area contributed by atoms with Gasteiger partial charge >= 0.3 is 145 Å². The Hall–Kier alpha value is -0.0500. The molecule has 0 aliphatic carbocycles. The standard InChI is InChI=1S/C16H24INO2S2/c1-12-9-13(2)16(14(3)10-12)21-15-7-6-8-17(11-15)22(19,20)18(4)5/h7,9-10H,6,8,11H2,1-5H3. The van der Waals surface area contributed by atoms with Gasteiger partial charge in [-0.2, -0.15) is 0 Å². The molecule has 0 N–H and O–H groups in total. The number of alkyl halides is 2. The molecule has 0 bridgehead atoms. The van der Waals surface area contributed by atoms with Crippen LogP contribution in [0.2, 0.25) is 0 Å². The van der Waals surface area contributed by atoms with Crippen molar-refractivity contribution in [1.82, 2.24) is 4.31 Å². The predicted octanol–water partition coefficient (Wildman–Crippen LogP) is 4.30. The van der Waals surface area contributed by atoms with Gasteiger partial charge in [-0.05, 0) is 0 Å². The van der Waals surface area contributed by atoms with Gasteiger partial charge < -0.3 is 0 Å². The van der Waals surface area contributed by atoms with Crippen molar-refractivity contribution in [2.24, 2.45) is 0 Å². The Kier molecular flexibility index (Phi) is 6.01. The summed E-state index contributed by atoms with van der Waals surface area (Å²) in [6.07, 6.45) is 3.15. The third kappa shape index (κ3) is 4.07. The van der Waals surface area contributed by atoms with Gasteiger partial charge in [0.25, 0.3) is 0 Å². The molecule has 1 aliphatic heterocycles. The van der Waals surface area contributed by atoms with Gasteiger partial charge in [-0.1, -0.05) is 0 Å². The Balaban J connectivity index is 2.20. The molecule has 0 saturated carbocycles. The van der Waals surface area contributed by atoms with E-state index in [0.717, 1.165) is 15.3 Å². The number of hydrogen-bond acceptors (Lipinski definition) is 3. The molecule has 0 aromatic heterocycles. The van der Waals surface area contributed by atoms with Gasteiger partial charge in [0.1, 0.15) is 0 Å². The van der Waals surface area contributed by atoms with Crippen LogP contribution in [-0.4, -0.2) is 35.7 Å². The molecule has 1 heterocycles. The minimum atomic E-state index is -3.02. The first-order chi connectivity index (χ1) is 10.2. The van der Waals surface area contributed by atoms with Crippen LogP contribution < -0.4 is 0 Å². The summed E-state index contributed by atoms with van der Waals surface area (Å²) in [5.74, 6) is 0. The summed E-state index contributed by atoms with van der Waals surface area (Å²) >= 11 is -0.245. The van der Waals surface area contributed by atoms with Gasteiger partial charge in [0, 0.05) is 0 Å². The summed E-state index contributed by atoms with van der Waals surface area (Å²) in [5, 5.41) is 0. The number of allylic oxidation sites excluding steroid dienone is 2. The third-order valence-electron chi connectivity index (χ3n) is 3.52. The summed E-state index contributed by atoms with van der Waals surface area (Å²) < 4.78 is 27.9. The Bertz CT molecular complexity index is 673. The van der Waals surface area contributed by atoms with Crippen molar-refractivity contribution in [2.45, 2.75) is 32.1 Å². The molecule has 1 aromatic carbocycles. The van der Waals surface area contributed by atoms with E-state index in [4.69, 9.17) is 0 Å². The van der Waals surface area contributed by atoms with E-state index >= 15 is 0 Å². The number of nitrogens with zero attached hydrogens (tertiary/aromatic N) is 1. The third-order valence-corrected chi connectivity index (χ3v) is 19.2. The monoisotopic (exact) mass is 453 g/mol.